The van der Waals surface area contributed by atoms with E-state index in [4.69, 9.17) is 4.74 Å². The van der Waals surface area contributed by atoms with E-state index in [-0.39, 0.29) is 0 Å². The van der Waals surface area contributed by atoms with Gasteiger partial charge in [0.15, 0.2) is 0 Å². The number of ether oxygens (including phenoxy) is 1. The quantitative estimate of drug-likeness (QED) is 0.750. The molecule has 1 N–H and O–H groups in total. The lowest BCUT2D eigenvalue weighted by molar-refractivity contribution is 0.0250. The molecule has 2 rings (SSSR count). The van der Waals surface area contributed by atoms with E-state index in [9.17, 15) is 0 Å². The molecule has 0 spiro atoms. The Morgan fingerprint density at radius 1 is 1.38 bits per heavy atom. The number of hydrogen-bond donors (Lipinski definition) is 1. The molecule has 1 heterocycles. The molecule has 0 aromatic rings. The first-order valence-corrected chi connectivity index (χ1v) is 6.94. The zero-order valence-corrected chi connectivity index (χ0v) is 11.1. The molecule has 2 heteroatoms. The lowest BCUT2D eigenvalue weighted by Crippen LogP contribution is -2.41. The van der Waals surface area contributed by atoms with Crippen molar-refractivity contribution in [3.63, 3.8) is 0 Å². The molecule has 94 valence electrons. The van der Waals surface area contributed by atoms with Crippen LogP contribution in [0.2, 0.25) is 0 Å². The van der Waals surface area contributed by atoms with Crippen molar-refractivity contribution in [2.75, 3.05) is 20.2 Å². The van der Waals surface area contributed by atoms with Gasteiger partial charge in [0.25, 0.3) is 0 Å². The fourth-order valence-electron chi connectivity index (χ4n) is 3.22. The summed E-state index contributed by atoms with van der Waals surface area (Å²) in [4.78, 5) is 0. The Morgan fingerprint density at radius 2 is 2.12 bits per heavy atom. The average molecular weight is 225 g/mol. The average Bonchev–Trinajstić information content (AvgIpc) is 2.99. The second kappa shape index (κ2) is 5.05. The van der Waals surface area contributed by atoms with E-state index < -0.39 is 0 Å². The highest BCUT2D eigenvalue weighted by Gasteiger charge is 2.50. The fraction of sp³-hybridized carbons (Fsp3) is 1.00. The van der Waals surface area contributed by atoms with Gasteiger partial charge in [-0.25, -0.2) is 0 Å². The van der Waals surface area contributed by atoms with E-state index in [0.717, 1.165) is 25.0 Å². The molecule has 2 fully saturated rings. The van der Waals surface area contributed by atoms with Crippen LogP contribution in [0.5, 0.6) is 0 Å². The Hall–Kier alpha value is -0.0800. The molecule has 1 saturated carbocycles. The molecule has 2 aliphatic rings. The third-order valence-electron chi connectivity index (χ3n) is 4.30. The molecule has 2 atom stereocenters. The highest BCUT2D eigenvalue weighted by atomic mass is 16.5. The zero-order chi connectivity index (χ0) is 11.6. The largest absolute Gasteiger partial charge is 0.377 e. The first-order valence-electron chi connectivity index (χ1n) is 6.94. The summed E-state index contributed by atoms with van der Waals surface area (Å²) in [5.74, 6) is 1.69. The summed E-state index contributed by atoms with van der Waals surface area (Å²) in [7, 11) is 2.08. The van der Waals surface area contributed by atoms with Crippen LogP contribution in [0, 0.1) is 17.3 Å². The van der Waals surface area contributed by atoms with Crippen LogP contribution in [0.15, 0.2) is 0 Å². The van der Waals surface area contributed by atoms with E-state index in [1.807, 2.05) is 0 Å². The van der Waals surface area contributed by atoms with Crippen molar-refractivity contribution in [1.29, 1.82) is 0 Å². The number of nitrogens with one attached hydrogen (secondary N) is 1. The Kier molecular flexibility index (Phi) is 3.91. The van der Waals surface area contributed by atoms with Gasteiger partial charge in [0.1, 0.15) is 0 Å². The van der Waals surface area contributed by atoms with Gasteiger partial charge in [0, 0.05) is 18.6 Å². The maximum atomic E-state index is 6.04. The first-order chi connectivity index (χ1) is 7.68. The zero-order valence-electron chi connectivity index (χ0n) is 11.1. The molecule has 2 nitrogen and oxygen atoms in total. The maximum Gasteiger partial charge on any atom is 0.0672 e. The summed E-state index contributed by atoms with van der Waals surface area (Å²) in [6, 6.07) is 0. The third-order valence-corrected chi connectivity index (χ3v) is 4.30. The topological polar surface area (TPSA) is 21.3 Å². The molecule has 0 bridgehead atoms. The van der Waals surface area contributed by atoms with Crippen LogP contribution < -0.4 is 5.32 Å². The lowest BCUT2D eigenvalue weighted by atomic mass is 9.74. The highest BCUT2D eigenvalue weighted by Crippen LogP contribution is 2.50. The maximum absolute atomic E-state index is 6.04. The van der Waals surface area contributed by atoms with Crippen LogP contribution in [0.4, 0.5) is 0 Å². The molecule has 0 aromatic heterocycles. The van der Waals surface area contributed by atoms with E-state index >= 15 is 0 Å². The van der Waals surface area contributed by atoms with Gasteiger partial charge in [0.2, 0.25) is 0 Å². The normalized spacial score (nSPS) is 34.9. The van der Waals surface area contributed by atoms with E-state index in [2.05, 4.69) is 26.2 Å². The molecule has 0 amide bonds. The van der Waals surface area contributed by atoms with Crippen molar-refractivity contribution in [2.45, 2.75) is 52.1 Å². The molecular weight excluding hydrogens is 198 g/mol. The van der Waals surface area contributed by atoms with Crippen molar-refractivity contribution >= 4 is 0 Å². The Balaban J connectivity index is 2.00. The summed E-state index contributed by atoms with van der Waals surface area (Å²) in [5.41, 5.74) is 0.445. The van der Waals surface area contributed by atoms with Gasteiger partial charge in [-0.1, -0.05) is 20.3 Å². The molecular formula is C14H27NO. The summed E-state index contributed by atoms with van der Waals surface area (Å²) >= 11 is 0. The monoisotopic (exact) mass is 225 g/mol. The molecule has 1 aliphatic heterocycles. The van der Waals surface area contributed by atoms with Gasteiger partial charge in [-0.2, -0.15) is 0 Å². The predicted molar refractivity (Wildman–Crippen MR) is 67.5 cm³/mol. The van der Waals surface area contributed by atoms with E-state index in [1.165, 1.54) is 32.1 Å². The third kappa shape index (κ3) is 2.60. The molecule has 1 saturated heterocycles. The number of hydrogen-bond acceptors (Lipinski definition) is 2. The number of rotatable bonds is 6. The van der Waals surface area contributed by atoms with Gasteiger partial charge in [-0.3, -0.25) is 0 Å². The van der Waals surface area contributed by atoms with Crippen LogP contribution in [0.25, 0.3) is 0 Å². The van der Waals surface area contributed by atoms with Crippen molar-refractivity contribution < 1.29 is 4.74 Å². The summed E-state index contributed by atoms with van der Waals surface area (Å²) < 4.78 is 6.04. The van der Waals surface area contributed by atoms with Crippen LogP contribution in [-0.4, -0.2) is 26.3 Å². The molecule has 2 unspecified atom stereocenters. The van der Waals surface area contributed by atoms with Gasteiger partial charge >= 0.3 is 0 Å². The Labute approximate surface area is 100 Å². The SMILES string of the molecule is CNCC1(CCC(C)C)CCOC1C1CC1. The summed E-state index contributed by atoms with van der Waals surface area (Å²) in [6.07, 6.45) is 7.30. The van der Waals surface area contributed by atoms with Crippen molar-refractivity contribution in [3.05, 3.63) is 0 Å². The predicted octanol–water partition coefficient (Wildman–Crippen LogP) is 2.83. The first kappa shape index (κ1) is 12.4. The van der Waals surface area contributed by atoms with Crippen LogP contribution in [0.1, 0.15) is 46.0 Å². The minimum atomic E-state index is 0.445. The minimum absolute atomic E-state index is 0.445. The minimum Gasteiger partial charge on any atom is -0.377 e. The smallest absolute Gasteiger partial charge is 0.0672 e. The standard InChI is InChI=1S/C14H27NO/c1-11(2)6-7-14(10-15-3)8-9-16-13(14)12-4-5-12/h11-13,15H,4-10H2,1-3H3. The lowest BCUT2D eigenvalue weighted by Gasteiger charge is -2.35. The van der Waals surface area contributed by atoms with Gasteiger partial charge < -0.3 is 10.1 Å². The van der Waals surface area contributed by atoms with E-state index in [1.54, 1.807) is 0 Å². The van der Waals surface area contributed by atoms with Crippen molar-refractivity contribution in [1.82, 2.24) is 5.32 Å². The van der Waals surface area contributed by atoms with E-state index in [0.29, 0.717) is 11.5 Å². The van der Waals surface area contributed by atoms with Crippen molar-refractivity contribution in [3.8, 4) is 0 Å². The second-order valence-corrected chi connectivity index (χ2v) is 6.20. The van der Waals surface area contributed by atoms with Crippen molar-refractivity contribution in [2.24, 2.45) is 17.3 Å². The summed E-state index contributed by atoms with van der Waals surface area (Å²) in [5, 5.41) is 3.41. The van der Waals surface area contributed by atoms with Gasteiger partial charge in [-0.05, 0) is 44.6 Å². The Morgan fingerprint density at radius 3 is 2.69 bits per heavy atom. The summed E-state index contributed by atoms with van der Waals surface area (Å²) in [6.45, 7) is 6.78. The van der Waals surface area contributed by atoms with Crippen LogP contribution >= 0.6 is 0 Å². The van der Waals surface area contributed by atoms with Gasteiger partial charge in [-0.15, -0.1) is 0 Å². The van der Waals surface area contributed by atoms with Gasteiger partial charge in [0.05, 0.1) is 6.10 Å². The second-order valence-electron chi connectivity index (χ2n) is 6.20. The van der Waals surface area contributed by atoms with Crippen LogP contribution in [-0.2, 0) is 4.74 Å². The highest BCUT2D eigenvalue weighted by molar-refractivity contribution is 5.00. The fourth-order valence-corrected chi connectivity index (χ4v) is 3.22. The van der Waals surface area contributed by atoms with Crippen LogP contribution in [0.3, 0.4) is 0 Å². The molecule has 16 heavy (non-hydrogen) atoms. The molecule has 0 aromatic carbocycles. The molecule has 1 aliphatic carbocycles. The Bertz CT molecular complexity index is 225. The molecule has 0 radical (unpaired) electrons.